The molecular weight excluding hydrogens is 417 g/mol. The first kappa shape index (κ1) is 20.6. The van der Waals surface area contributed by atoms with Crippen LogP contribution in [-0.2, 0) is 4.57 Å². The number of aromatic nitrogens is 1. The number of hydrogen-bond acceptors (Lipinski definition) is 7. The Morgan fingerprint density at radius 2 is 1.79 bits per heavy atom. The summed E-state index contributed by atoms with van der Waals surface area (Å²) in [6.45, 7) is 1.96. The lowest BCUT2D eigenvalue weighted by Gasteiger charge is -2.13. The Balaban J connectivity index is 2.10. The minimum absolute atomic E-state index is 0.554. The number of methoxy groups -OCH3 is 3. The molecule has 2 aromatic carbocycles. The fourth-order valence-electron chi connectivity index (χ4n) is 2.94. The molecule has 0 fully saturated rings. The summed E-state index contributed by atoms with van der Waals surface area (Å²) in [5, 5.41) is 1.95. The Hall–Kier alpha value is -2.12. The third-order valence-electron chi connectivity index (χ3n) is 4.16. The van der Waals surface area contributed by atoms with Gasteiger partial charge in [0.1, 0.15) is 10.6 Å². The molecule has 0 aliphatic rings. The fourth-order valence-corrected chi connectivity index (χ4v) is 5.18. The lowest BCUT2D eigenvalue weighted by molar-refractivity contribution is 0.353. The van der Waals surface area contributed by atoms with Gasteiger partial charge in [-0.15, -0.1) is 0 Å². The van der Waals surface area contributed by atoms with Gasteiger partial charge < -0.3 is 14.2 Å². The van der Waals surface area contributed by atoms with E-state index in [1.165, 1.54) is 18.6 Å². The predicted molar refractivity (Wildman–Crippen MR) is 113 cm³/mol. The molecule has 3 aromatic rings. The summed E-state index contributed by atoms with van der Waals surface area (Å²) in [6, 6.07) is 9.44. The minimum atomic E-state index is -2.39. The molecule has 0 spiro atoms. The van der Waals surface area contributed by atoms with Gasteiger partial charge in [0.25, 0.3) is 0 Å². The fraction of sp³-hybridized carbons (Fsp3) is 0.211. The zero-order valence-electron chi connectivity index (χ0n) is 15.8. The molecule has 0 amide bonds. The Morgan fingerprint density at radius 3 is 2.43 bits per heavy atom. The van der Waals surface area contributed by atoms with Crippen LogP contribution in [0.3, 0.4) is 0 Å². The Kier molecular flexibility index (Phi) is 6.57. The SMILES string of the molecule is COc1ccc(-c2csnc2-c2cc(C)c(OC)c(OC)c2)cc1S[P+](=O)O. The molecule has 0 saturated heterocycles. The van der Waals surface area contributed by atoms with Crippen molar-refractivity contribution < 1.29 is 23.7 Å². The van der Waals surface area contributed by atoms with Crippen LogP contribution in [-0.4, -0.2) is 30.6 Å². The van der Waals surface area contributed by atoms with Crippen molar-refractivity contribution in [3.63, 3.8) is 0 Å². The highest BCUT2D eigenvalue weighted by molar-refractivity contribution is 8.50. The highest BCUT2D eigenvalue weighted by Gasteiger charge is 2.22. The van der Waals surface area contributed by atoms with Gasteiger partial charge in [0.05, 0.1) is 27.0 Å². The molecule has 3 rings (SSSR count). The molecule has 1 N–H and O–H groups in total. The summed E-state index contributed by atoms with van der Waals surface area (Å²) in [6.07, 6.45) is 0. The van der Waals surface area contributed by atoms with E-state index in [9.17, 15) is 9.46 Å². The molecule has 0 aliphatic carbocycles. The molecule has 1 heterocycles. The van der Waals surface area contributed by atoms with Gasteiger partial charge in [-0.05, 0) is 58.4 Å². The maximum atomic E-state index is 11.3. The number of rotatable bonds is 7. The second kappa shape index (κ2) is 8.92. The molecule has 0 bridgehead atoms. The predicted octanol–water partition coefficient (Wildman–Crippen LogP) is 5.55. The van der Waals surface area contributed by atoms with Crippen molar-refractivity contribution in [2.24, 2.45) is 0 Å². The van der Waals surface area contributed by atoms with E-state index in [1.807, 2.05) is 36.6 Å². The molecule has 0 radical (unpaired) electrons. The first-order valence-electron chi connectivity index (χ1n) is 8.18. The second-order valence-corrected chi connectivity index (χ2v) is 9.01. The first-order chi connectivity index (χ1) is 13.5. The number of ether oxygens (including phenoxy) is 3. The van der Waals surface area contributed by atoms with Crippen molar-refractivity contribution in [1.29, 1.82) is 0 Å². The molecule has 0 aliphatic heterocycles. The maximum absolute atomic E-state index is 11.3. The third kappa shape index (κ3) is 4.15. The average molecular weight is 436 g/mol. The van der Waals surface area contributed by atoms with E-state index in [2.05, 4.69) is 4.37 Å². The van der Waals surface area contributed by atoms with E-state index >= 15 is 0 Å². The molecule has 6 nitrogen and oxygen atoms in total. The Labute approximate surface area is 172 Å². The van der Waals surface area contributed by atoms with Gasteiger partial charge in [-0.1, -0.05) is 6.07 Å². The normalized spacial score (nSPS) is 11.2. The summed E-state index contributed by atoms with van der Waals surface area (Å²) >= 11 is 2.21. The van der Waals surface area contributed by atoms with E-state index < -0.39 is 7.23 Å². The number of nitrogens with zero attached hydrogens (tertiary/aromatic N) is 1. The standard InChI is InChI=1S/C19H18NO5PS2/c1-11-7-13(8-16(24-3)19(11)25-4)18-14(10-27-20-18)12-5-6-15(23-2)17(9-12)28-26(21)22/h5-10H,1-4H3/p+1. The van der Waals surface area contributed by atoms with Gasteiger partial charge in [-0.2, -0.15) is 9.27 Å². The van der Waals surface area contributed by atoms with Gasteiger partial charge in [-0.25, -0.2) is 0 Å². The molecule has 28 heavy (non-hydrogen) atoms. The monoisotopic (exact) mass is 436 g/mol. The van der Waals surface area contributed by atoms with Crippen molar-refractivity contribution in [3.05, 3.63) is 41.3 Å². The van der Waals surface area contributed by atoms with Crippen LogP contribution in [0.4, 0.5) is 0 Å². The van der Waals surface area contributed by atoms with E-state index in [0.717, 1.165) is 39.3 Å². The van der Waals surface area contributed by atoms with Crippen molar-refractivity contribution >= 4 is 30.1 Å². The number of hydrogen-bond donors (Lipinski definition) is 1. The van der Waals surface area contributed by atoms with E-state index in [0.29, 0.717) is 22.1 Å². The topological polar surface area (TPSA) is 77.9 Å². The van der Waals surface area contributed by atoms with Crippen LogP contribution in [0.15, 0.2) is 40.6 Å². The van der Waals surface area contributed by atoms with Gasteiger partial charge in [0, 0.05) is 16.5 Å². The largest absolute Gasteiger partial charge is 0.588 e. The number of benzene rings is 2. The van der Waals surface area contributed by atoms with E-state index in [4.69, 9.17) is 14.2 Å². The third-order valence-corrected chi connectivity index (χ3v) is 6.52. The van der Waals surface area contributed by atoms with Crippen molar-refractivity contribution in [2.75, 3.05) is 21.3 Å². The Bertz CT molecular complexity index is 1020. The minimum Gasteiger partial charge on any atom is -0.495 e. The van der Waals surface area contributed by atoms with Gasteiger partial charge in [0.15, 0.2) is 11.5 Å². The van der Waals surface area contributed by atoms with Crippen LogP contribution in [0.25, 0.3) is 22.4 Å². The maximum Gasteiger partial charge on any atom is 0.588 e. The van der Waals surface area contributed by atoms with Crippen LogP contribution < -0.4 is 14.2 Å². The Morgan fingerprint density at radius 1 is 1.04 bits per heavy atom. The van der Waals surface area contributed by atoms with Crippen molar-refractivity contribution in [2.45, 2.75) is 11.8 Å². The highest BCUT2D eigenvalue weighted by atomic mass is 32.7. The van der Waals surface area contributed by atoms with Crippen molar-refractivity contribution in [1.82, 2.24) is 4.37 Å². The highest BCUT2D eigenvalue weighted by Crippen LogP contribution is 2.47. The van der Waals surface area contributed by atoms with Crippen LogP contribution >= 0.6 is 30.1 Å². The molecule has 146 valence electrons. The average Bonchev–Trinajstić information content (AvgIpc) is 3.16. The van der Waals surface area contributed by atoms with E-state index in [1.54, 1.807) is 20.3 Å². The lowest BCUT2D eigenvalue weighted by atomic mass is 10.00. The molecule has 1 unspecified atom stereocenters. The van der Waals surface area contributed by atoms with Crippen LogP contribution in [0.1, 0.15) is 5.56 Å². The second-order valence-electron chi connectivity index (χ2n) is 5.80. The quantitative estimate of drug-likeness (QED) is 0.486. The van der Waals surface area contributed by atoms with Crippen LogP contribution in [0.2, 0.25) is 0 Å². The molecule has 9 heteroatoms. The van der Waals surface area contributed by atoms with Crippen molar-refractivity contribution in [3.8, 4) is 39.6 Å². The van der Waals surface area contributed by atoms with Gasteiger partial charge in [0.2, 0.25) is 11.4 Å². The van der Waals surface area contributed by atoms with Crippen LogP contribution in [0, 0.1) is 6.92 Å². The summed E-state index contributed by atoms with van der Waals surface area (Å²) in [5.74, 6) is 1.88. The smallest absolute Gasteiger partial charge is 0.495 e. The summed E-state index contributed by atoms with van der Waals surface area (Å²) in [4.78, 5) is 9.90. The van der Waals surface area contributed by atoms with E-state index in [-0.39, 0.29) is 0 Å². The van der Waals surface area contributed by atoms with Gasteiger partial charge >= 0.3 is 7.23 Å². The van der Waals surface area contributed by atoms with Crippen LogP contribution in [0.5, 0.6) is 17.2 Å². The molecule has 1 aromatic heterocycles. The number of aryl methyl sites for hydroxylation is 1. The van der Waals surface area contributed by atoms with Gasteiger partial charge in [-0.3, -0.25) is 0 Å². The molecule has 1 atom stereocenters. The summed E-state index contributed by atoms with van der Waals surface area (Å²) < 4.78 is 32.1. The zero-order chi connectivity index (χ0) is 20.3. The first-order valence-corrected chi connectivity index (χ1v) is 11.7. The summed E-state index contributed by atoms with van der Waals surface area (Å²) in [5.41, 5.74) is 4.47. The summed E-state index contributed by atoms with van der Waals surface area (Å²) in [7, 11) is 2.36. The lowest BCUT2D eigenvalue weighted by Crippen LogP contribution is -1.95. The molecule has 0 saturated carbocycles. The molecular formula is C19H19NO5PS2+. The zero-order valence-corrected chi connectivity index (χ0v) is 18.3.